The Morgan fingerprint density at radius 1 is 1.16 bits per heavy atom. The molecule has 0 atom stereocenters. The number of phenols is 1. The van der Waals surface area contributed by atoms with E-state index < -0.39 is 17.7 Å². The van der Waals surface area contributed by atoms with Crippen LogP contribution in [-0.2, 0) is 20.7 Å². The zero-order valence-corrected chi connectivity index (χ0v) is 19.8. The molecule has 10 heteroatoms. The SMILES string of the molecule is CCOC(=O)c1sc(CC(=O)/C(C#N)=C/c2cc(Cl)cc(Cl)c2O)c(C(=O)OCC)c1C. The van der Waals surface area contributed by atoms with E-state index in [2.05, 4.69) is 0 Å². The Hall–Kier alpha value is -2.86. The number of rotatable bonds is 8. The van der Waals surface area contributed by atoms with Crippen molar-refractivity contribution in [2.24, 2.45) is 0 Å². The standard InChI is InChI=1S/C22H19Cl2NO6S/c1-4-30-21(28)18-11(3)20(22(29)31-5-2)32-17(18)9-16(26)13(10-25)6-12-7-14(23)8-15(24)19(12)27/h6-8,27H,4-5,9H2,1-3H3/b13-6+. The minimum atomic E-state index is -0.679. The van der Waals surface area contributed by atoms with Gasteiger partial charge in [-0.25, -0.2) is 9.59 Å². The number of Topliss-reactive ketones (excluding diaryl/α,β-unsaturated/α-hetero) is 1. The maximum atomic E-state index is 12.9. The van der Waals surface area contributed by atoms with Gasteiger partial charge >= 0.3 is 11.9 Å². The molecule has 2 rings (SSSR count). The van der Waals surface area contributed by atoms with Crippen LogP contribution in [0, 0.1) is 18.3 Å². The largest absolute Gasteiger partial charge is 0.506 e. The van der Waals surface area contributed by atoms with Crippen LogP contribution in [0.25, 0.3) is 6.08 Å². The zero-order valence-electron chi connectivity index (χ0n) is 17.5. The first kappa shape index (κ1) is 25.4. The van der Waals surface area contributed by atoms with Gasteiger partial charge in [-0.15, -0.1) is 11.3 Å². The number of esters is 2. The van der Waals surface area contributed by atoms with Gasteiger partial charge in [0.2, 0.25) is 0 Å². The average molecular weight is 496 g/mol. The van der Waals surface area contributed by atoms with E-state index in [4.69, 9.17) is 32.7 Å². The molecule has 7 nitrogen and oxygen atoms in total. The molecule has 1 aromatic carbocycles. The summed E-state index contributed by atoms with van der Waals surface area (Å²) in [6.07, 6.45) is 0.819. The van der Waals surface area contributed by atoms with Crippen molar-refractivity contribution in [3.8, 4) is 11.8 Å². The fourth-order valence-electron chi connectivity index (χ4n) is 2.83. The zero-order chi connectivity index (χ0) is 24.0. The monoisotopic (exact) mass is 495 g/mol. The van der Waals surface area contributed by atoms with E-state index >= 15 is 0 Å². The highest BCUT2D eigenvalue weighted by molar-refractivity contribution is 7.14. The van der Waals surface area contributed by atoms with Gasteiger partial charge < -0.3 is 14.6 Å². The van der Waals surface area contributed by atoms with Crippen LogP contribution in [0.5, 0.6) is 5.75 Å². The lowest BCUT2D eigenvalue weighted by Gasteiger charge is -2.06. The van der Waals surface area contributed by atoms with E-state index in [9.17, 15) is 24.8 Å². The van der Waals surface area contributed by atoms with Gasteiger partial charge in [0.1, 0.15) is 16.7 Å². The summed E-state index contributed by atoms with van der Waals surface area (Å²) in [5.41, 5.74) is 0.236. The summed E-state index contributed by atoms with van der Waals surface area (Å²) >= 11 is 12.8. The van der Waals surface area contributed by atoms with Gasteiger partial charge in [0.15, 0.2) is 5.78 Å². The third kappa shape index (κ3) is 5.68. The summed E-state index contributed by atoms with van der Waals surface area (Å²) in [4.78, 5) is 38.1. The number of nitriles is 1. The summed E-state index contributed by atoms with van der Waals surface area (Å²) < 4.78 is 10.1. The molecule has 0 aliphatic rings. The van der Waals surface area contributed by atoms with Crippen LogP contribution < -0.4 is 0 Å². The molecule has 0 bridgehead atoms. The van der Waals surface area contributed by atoms with Crippen LogP contribution in [0.1, 0.15) is 49.9 Å². The second kappa shape index (κ2) is 11.1. The molecule has 0 saturated carbocycles. The molecule has 1 N–H and O–H groups in total. The van der Waals surface area contributed by atoms with Crippen LogP contribution >= 0.6 is 34.5 Å². The molecule has 0 aliphatic carbocycles. The molecular formula is C22H19Cl2NO6S. The lowest BCUT2D eigenvalue weighted by molar-refractivity contribution is -0.114. The highest BCUT2D eigenvalue weighted by Crippen LogP contribution is 2.34. The number of aromatic hydroxyl groups is 1. The van der Waals surface area contributed by atoms with Crippen LogP contribution in [0.3, 0.4) is 0 Å². The van der Waals surface area contributed by atoms with Crippen molar-refractivity contribution in [2.45, 2.75) is 27.2 Å². The van der Waals surface area contributed by atoms with Gasteiger partial charge in [0.25, 0.3) is 0 Å². The van der Waals surface area contributed by atoms with Crippen molar-refractivity contribution in [3.63, 3.8) is 0 Å². The van der Waals surface area contributed by atoms with Crippen molar-refractivity contribution < 1.29 is 29.0 Å². The van der Waals surface area contributed by atoms with Gasteiger partial charge in [0.05, 0.1) is 29.4 Å². The smallest absolute Gasteiger partial charge is 0.348 e. The van der Waals surface area contributed by atoms with E-state index in [1.54, 1.807) is 26.8 Å². The molecule has 0 saturated heterocycles. The fourth-order valence-corrected chi connectivity index (χ4v) is 4.52. The molecule has 168 valence electrons. The molecular weight excluding hydrogens is 477 g/mol. The number of halogens is 2. The number of allylic oxidation sites excluding steroid dienone is 1. The Morgan fingerprint density at radius 3 is 2.38 bits per heavy atom. The van der Waals surface area contributed by atoms with Gasteiger partial charge in [-0.3, -0.25) is 4.79 Å². The van der Waals surface area contributed by atoms with Crippen molar-refractivity contribution in [1.82, 2.24) is 0 Å². The van der Waals surface area contributed by atoms with Crippen molar-refractivity contribution in [1.29, 1.82) is 5.26 Å². The minimum Gasteiger partial charge on any atom is -0.506 e. The van der Waals surface area contributed by atoms with Gasteiger partial charge in [0, 0.05) is 21.9 Å². The lowest BCUT2D eigenvalue weighted by atomic mass is 10.0. The van der Waals surface area contributed by atoms with Crippen LogP contribution in [0.2, 0.25) is 10.0 Å². The first-order chi connectivity index (χ1) is 15.1. The summed E-state index contributed by atoms with van der Waals surface area (Å²) in [5.74, 6) is -2.26. The molecule has 0 unspecified atom stereocenters. The number of benzene rings is 1. The predicted octanol–water partition coefficient (Wildman–Crippen LogP) is 5.14. The van der Waals surface area contributed by atoms with Gasteiger partial charge in [-0.1, -0.05) is 23.2 Å². The topological polar surface area (TPSA) is 114 Å². The highest BCUT2D eigenvalue weighted by Gasteiger charge is 2.28. The molecule has 0 radical (unpaired) electrons. The minimum absolute atomic E-state index is 0.0361. The van der Waals surface area contributed by atoms with E-state index in [1.165, 1.54) is 12.1 Å². The third-order valence-electron chi connectivity index (χ3n) is 4.26. The maximum absolute atomic E-state index is 12.9. The molecule has 32 heavy (non-hydrogen) atoms. The Kier molecular flexibility index (Phi) is 8.84. The quantitative estimate of drug-likeness (QED) is 0.306. The number of phenolic OH excluding ortho intramolecular Hbond substituents is 1. The molecule has 2 aromatic rings. The molecule has 0 fully saturated rings. The normalized spacial score (nSPS) is 11.1. The van der Waals surface area contributed by atoms with E-state index in [0.29, 0.717) is 5.56 Å². The summed E-state index contributed by atoms with van der Waals surface area (Å²) in [7, 11) is 0. The van der Waals surface area contributed by atoms with Crippen LogP contribution in [0.4, 0.5) is 0 Å². The van der Waals surface area contributed by atoms with Crippen molar-refractivity contribution in [2.75, 3.05) is 13.2 Å². The Labute approximate surface area is 198 Å². The summed E-state index contributed by atoms with van der Waals surface area (Å²) in [6.45, 7) is 5.10. The lowest BCUT2D eigenvalue weighted by Crippen LogP contribution is -2.12. The van der Waals surface area contributed by atoms with Gasteiger partial charge in [-0.05, 0) is 44.5 Å². The van der Waals surface area contributed by atoms with E-state index in [0.717, 1.165) is 17.4 Å². The number of ether oxygens (including phenoxy) is 2. The third-order valence-corrected chi connectivity index (χ3v) is 6.04. The molecule has 0 aliphatic heterocycles. The van der Waals surface area contributed by atoms with E-state index in [-0.39, 0.29) is 61.9 Å². The second-order valence-corrected chi connectivity index (χ2v) is 8.34. The Bertz CT molecular complexity index is 1150. The van der Waals surface area contributed by atoms with Crippen molar-refractivity contribution >= 4 is 58.3 Å². The number of ketones is 1. The molecule has 1 aromatic heterocycles. The Morgan fingerprint density at radius 2 is 1.78 bits per heavy atom. The number of carbonyl (C=O) groups excluding carboxylic acids is 3. The average Bonchev–Trinajstić information content (AvgIpc) is 3.05. The first-order valence-corrected chi connectivity index (χ1v) is 11.0. The summed E-state index contributed by atoms with van der Waals surface area (Å²) in [6, 6.07) is 4.46. The van der Waals surface area contributed by atoms with Crippen LogP contribution in [-0.4, -0.2) is 36.0 Å². The summed E-state index contributed by atoms with van der Waals surface area (Å²) in [5, 5.41) is 19.8. The molecule has 0 spiro atoms. The highest BCUT2D eigenvalue weighted by atomic mass is 35.5. The Balaban J connectivity index is 2.49. The number of hydrogen-bond donors (Lipinski definition) is 1. The molecule has 1 heterocycles. The van der Waals surface area contributed by atoms with Crippen molar-refractivity contribution in [3.05, 3.63) is 54.2 Å². The fraction of sp³-hybridized carbons (Fsp3) is 0.273. The first-order valence-electron chi connectivity index (χ1n) is 9.43. The number of hydrogen-bond acceptors (Lipinski definition) is 8. The number of thiophene rings is 1. The predicted molar refractivity (Wildman–Crippen MR) is 121 cm³/mol. The van der Waals surface area contributed by atoms with Gasteiger partial charge in [-0.2, -0.15) is 5.26 Å². The number of nitrogens with zero attached hydrogens (tertiary/aromatic N) is 1. The van der Waals surface area contributed by atoms with Crippen LogP contribution in [0.15, 0.2) is 17.7 Å². The van der Waals surface area contributed by atoms with E-state index in [1.807, 2.05) is 0 Å². The second-order valence-electron chi connectivity index (χ2n) is 6.39. The molecule has 0 amide bonds. The number of carbonyl (C=O) groups is 3. The maximum Gasteiger partial charge on any atom is 0.348 e.